The molecule has 6 heteroatoms. The normalized spacial score (nSPS) is 23.5. The Morgan fingerprint density at radius 1 is 1.03 bits per heavy atom. The van der Waals surface area contributed by atoms with Crippen LogP contribution >= 0.6 is 0 Å². The van der Waals surface area contributed by atoms with Crippen LogP contribution in [0.15, 0.2) is 18.2 Å². The van der Waals surface area contributed by atoms with Crippen molar-refractivity contribution in [3.63, 3.8) is 0 Å². The first-order valence-corrected chi connectivity index (χ1v) is 12.3. The molecule has 2 atom stereocenters. The minimum Gasteiger partial charge on any atom is -0.490 e. The maximum Gasteiger partial charge on any atom is 0.234 e. The number of amides is 1. The largest absolute Gasteiger partial charge is 0.490 e. The molecule has 0 aliphatic carbocycles. The van der Waals surface area contributed by atoms with Gasteiger partial charge >= 0.3 is 0 Å². The van der Waals surface area contributed by atoms with Gasteiger partial charge in [0.15, 0.2) is 11.5 Å². The van der Waals surface area contributed by atoms with Gasteiger partial charge in [-0.25, -0.2) is 0 Å². The third kappa shape index (κ3) is 5.92. The molecule has 1 aromatic rings. The van der Waals surface area contributed by atoms with Gasteiger partial charge in [0.2, 0.25) is 5.91 Å². The first kappa shape index (κ1) is 22.4. The highest BCUT2D eigenvalue weighted by Gasteiger charge is 2.29. The van der Waals surface area contributed by atoms with Crippen molar-refractivity contribution in [2.75, 3.05) is 45.9 Å². The van der Waals surface area contributed by atoms with Gasteiger partial charge in [0, 0.05) is 19.0 Å². The van der Waals surface area contributed by atoms with E-state index in [1.165, 1.54) is 45.2 Å². The van der Waals surface area contributed by atoms with Crippen LogP contribution in [-0.4, -0.2) is 67.7 Å². The molecule has 0 radical (unpaired) electrons. The molecule has 0 bridgehead atoms. The Labute approximate surface area is 187 Å². The van der Waals surface area contributed by atoms with Crippen molar-refractivity contribution in [2.45, 2.75) is 64.5 Å². The maximum absolute atomic E-state index is 13.0. The summed E-state index contributed by atoms with van der Waals surface area (Å²) >= 11 is 0. The Morgan fingerprint density at radius 2 is 1.81 bits per heavy atom. The summed E-state index contributed by atoms with van der Waals surface area (Å²) in [6.45, 7) is 10.7. The highest BCUT2D eigenvalue weighted by molar-refractivity contribution is 5.78. The van der Waals surface area contributed by atoms with Crippen LogP contribution in [0.2, 0.25) is 0 Å². The van der Waals surface area contributed by atoms with Crippen LogP contribution in [0.3, 0.4) is 0 Å². The second kappa shape index (κ2) is 10.7. The highest BCUT2D eigenvalue weighted by atomic mass is 16.5. The van der Waals surface area contributed by atoms with Crippen molar-refractivity contribution >= 4 is 5.91 Å². The molecule has 4 rings (SSSR count). The molecule has 1 N–H and O–H groups in total. The summed E-state index contributed by atoms with van der Waals surface area (Å²) in [7, 11) is 0. The fraction of sp³-hybridized carbons (Fsp3) is 0.720. The van der Waals surface area contributed by atoms with E-state index in [2.05, 4.69) is 35.0 Å². The standard InChI is InChI=1S/C25H39N3O3/c1-19(2)25(20-9-10-22-23(16-20)31-15-7-14-30-22)26-24(29)18-28-13-6-8-21(28)17-27-11-4-3-5-12-27/h9-10,16,19,21,25H,3-8,11-15,17-18H2,1-2H3,(H,26,29). The predicted molar refractivity (Wildman–Crippen MR) is 123 cm³/mol. The van der Waals surface area contributed by atoms with E-state index in [1.807, 2.05) is 12.1 Å². The zero-order valence-electron chi connectivity index (χ0n) is 19.3. The summed E-state index contributed by atoms with van der Waals surface area (Å²) in [5.41, 5.74) is 1.08. The lowest BCUT2D eigenvalue weighted by molar-refractivity contribution is -0.123. The Kier molecular flexibility index (Phi) is 7.72. The van der Waals surface area contributed by atoms with Crippen molar-refractivity contribution in [3.05, 3.63) is 23.8 Å². The van der Waals surface area contributed by atoms with Gasteiger partial charge in [0.1, 0.15) is 0 Å². The number of nitrogens with zero attached hydrogens (tertiary/aromatic N) is 2. The van der Waals surface area contributed by atoms with Crippen molar-refractivity contribution in [3.8, 4) is 11.5 Å². The van der Waals surface area contributed by atoms with E-state index in [-0.39, 0.29) is 17.9 Å². The molecule has 3 heterocycles. The molecule has 6 nitrogen and oxygen atoms in total. The fourth-order valence-electron chi connectivity index (χ4n) is 5.16. The molecule has 1 aromatic carbocycles. The number of nitrogens with one attached hydrogen (secondary N) is 1. The van der Waals surface area contributed by atoms with E-state index in [9.17, 15) is 4.79 Å². The van der Waals surface area contributed by atoms with Crippen molar-refractivity contribution in [1.82, 2.24) is 15.1 Å². The molecule has 0 saturated carbocycles. The molecule has 2 unspecified atom stereocenters. The van der Waals surface area contributed by atoms with Crippen LogP contribution in [0.25, 0.3) is 0 Å². The molecular formula is C25H39N3O3. The van der Waals surface area contributed by atoms with Crippen LogP contribution in [0.4, 0.5) is 0 Å². The minimum absolute atomic E-state index is 0.0344. The molecule has 0 spiro atoms. The van der Waals surface area contributed by atoms with Crippen LogP contribution in [0.5, 0.6) is 11.5 Å². The Hall–Kier alpha value is -1.79. The zero-order chi connectivity index (χ0) is 21.6. The monoisotopic (exact) mass is 429 g/mol. The summed E-state index contributed by atoms with van der Waals surface area (Å²) in [5, 5.41) is 3.32. The second-order valence-electron chi connectivity index (χ2n) is 9.67. The first-order valence-electron chi connectivity index (χ1n) is 12.3. The second-order valence-corrected chi connectivity index (χ2v) is 9.67. The minimum atomic E-state index is -0.0344. The van der Waals surface area contributed by atoms with E-state index < -0.39 is 0 Å². The lowest BCUT2D eigenvalue weighted by Gasteiger charge is -2.33. The maximum atomic E-state index is 13.0. The number of rotatable bonds is 7. The van der Waals surface area contributed by atoms with Gasteiger partial charge in [0.05, 0.1) is 25.8 Å². The van der Waals surface area contributed by atoms with Crippen LogP contribution in [-0.2, 0) is 4.79 Å². The van der Waals surface area contributed by atoms with E-state index in [4.69, 9.17) is 9.47 Å². The summed E-state index contributed by atoms with van der Waals surface area (Å²) in [6.07, 6.45) is 7.30. The third-order valence-electron chi connectivity index (χ3n) is 6.88. The third-order valence-corrected chi connectivity index (χ3v) is 6.88. The SMILES string of the molecule is CC(C)C(NC(=O)CN1CCCC1CN1CCCCC1)c1ccc2c(c1)OCCCO2. The summed E-state index contributed by atoms with van der Waals surface area (Å²) < 4.78 is 11.6. The van der Waals surface area contributed by atoms with Crippen molar-refractivity contribution in [1.29, 1.82) is 0 Å². The summed E-state index contributed by atoms with van der Waals surface area (Å²) in [5.74, 6) is 2.00. The quantitative estimate of drug-likeness (QED) is 0.718. The molecule has 0 aromatic heterocycles. The van der Waals surface area contributed by atoms with Gasteiger partial charge in [-0.3, -0.25) is 9.69 Å². The van der Waals surface area contributed by atoms with E-state index in [1.54, 1.807) is 0 Å². The van der Waals surface area contributed by atoms with Crippen LogP contribution < -0.4 is 14.8 Å². The molecule has 3 aliphatic rings. The van der Waals surface area contributed by atoms with Crippen LogP contribution in [0, 0.1) is 5.92 Å². The molecule has 2 fully saturated rings. The molecule has 2 saturated heterocycles. The average molecular weight is 430 g/mol. The number of hydrogen-bond donors (Lipinski definition) is 1. The number of carbonyl (C=O) groups is 1. The Balaban J connectivity index is 1.37. The van der Waals surface area contributed by atoms with Crippen molar-refractivity contribution < 1.29 is 14.3 Å². The number of ether oxygens (including phenoxy) is 2. The smallest absolute Gasteiger partial charge is 0.234 e. The lowest BCUT2D eigenvalue weighted by atomic mass is 9.95. The van der Waals surface area contributed by atoms with Crippen LogP contribution in [0.1, 0.15) is 64.0 Å². The zero-order valence-corrected chi connectivity index (χ0v) is 19.3. The van der Waals surface area contributed by atoms with Gasteiger partial charge in [-0.15, -0.1) is 0 Å². The van der Waals surface area contributed by atoms with Crippen molar-refractivity contribution in [2.24, 2.45) is 5.92 Å². The van der Waals surface area contributed by atoms with Gasteiger partial charge < -0.3 is 19.7 Å². The number of piperidine rings is 1. The summed E-state index contributed by atoms with van der Waals surface area (Å²) in [4.78, 5) is 18.0. The Morgan fingerprint density at radius 3 is 2.58 bits per heavy atom. The van der Waals surface area contributed by atoms with Gasteiger partial charge in [-0.1, -0.05) is 26.3 Å². The fourth-order valence-corrected chi connectivity index (χ4v) is 5.16. The Bertz CT molecular complexity index is 733. The summed E-state index contributed by atoms with van der Waals surface area (Å²) in [6, 6.07) is 6.56. The predicted octanol–water partition coefficient (Wildman–Crippen LogP) is 3.61. The van der Waals surface area contributed by atoms with Gasteiger partial charge in [-0.2, -0.15) is 0 Å². The highest BCUT2D eigenvalue weighted by Crippen LogP contribution is 2.34. The number of benzene rings is 1. The number of likely N-dealkylation sites (tertiary alicyclic amines) is 2. The lowest BCUT2D eigenvalue weighted by Crippen LogP contribution is -2.46. The number of hydrogen-bond acceptors (Lipinski definition) is 5. The number of carbonyl (C=O) groups excluding carboxylic acids is 1. The average Bonchev–Trinajstić information content (AvgIpc) is 3.05. The van der Waals surface area contributed by atoms with E-state index >= 15 is 0 Å². The van der Waals surface area contributed by atoms with E-state index in [0.29, 0.717) is 25.8 Å². The van der Waals surface area contributed by atoms with E-state index in [0.717, 1.165) is 36.6 Å². The topological polar surface area (TPSA) is 54.0 Å². The number of fused-ring (bicyclic) bond motifs is 1. The van der Waals surface area contributed by atoms with Gasteiger partial charge in [0.25, 0.3) is 0 Å². The molecule has 3 aliphatic heterocycles. The van der Waals surface area contributed by atoms with Gasteiger partial charge in [-0.05, 0) is 68.9 Å². The molecule has 172 valence electrons. The molecule has 1 amide bonds. The molecule has 31 heavy (non-hydrogen) atoms. The molecular weight excluding hydrogens is 390 g/mol. The first-order chi connectivity index (χ1) is 15.1.